The number of rotatable bonds is 5. The normalized spacial score (nSPS) is 20.3. The molecule has 2 nitrogen and oxygen atoms in total. The Morgan fingerprint density at radius 1 is 1.24 bits per heavy atom. The van der Waals surface area contributed by atoms with E-state index in [4.69, 9.17) is 5.73 Å². The van der Waals surface area contributed by atoms with E-state index >= 15 is 0 Å². The highest BCUT2D eigenvalue weighted by Gasteiger charge is 2.24. The lowest BCUT2D eigenvalue weighted by molar-refractivity contribution is 0.658. The van der Waals surface area contributed by atoms with Gasteiger partial charge in [0.25, 0.3) is 0 Å². The number of benzene rings is 1. The van der Waals surface area contributed by atoms with E-state index in [9.17, 15) is 4.21 Å². The maximum absolute atomic E-state index is 12.2. The minimum absolute atomic E-state index is 0.248. The molecule has 2 N–H and O–H groups in total. The maximum Gasteiger partial charge on any atom is 0.0348 e. The van der Waals surface area contributed by atoms with Crippen molar-refractivity contribution in [2.75, 3.05) is 12.3 Å². The van der Waals surface area contributed by atoms with Crippen LogP contribution >= 0.6 is 0 Å². The standard InChI is InChI=1S/C14H21NOS/c15-10-13(12-6-2-1-3-7-12)11-17(16)14-8-4-5-9-14/h1-3,6-7,13-14H,4-5,8-11,15H2. The third-order valence-corrected chi connectivity index (χ3v) is 5.54. The highest BCUT2D eigenvalue weighted by atomic mass is 32.2. The molecule has 0 aromatic heterocycles. The largest absolute Gasteiger partial charge is 0.330 e. The van der Waals surface area contributed by atoms with Gasteiger partial charge >= 0.3 is 0 Å². The van der Waals surface area contributed by atoms with Crippen LogP contribution in [-0.2, 0) is 10.8 Å². The fraction of sp³-hybridized carbons (Fsp3) is 0.571. The van der Waals surface area contributed by atoms with E-state index in [2.05, 4.69) is 12.1 Å². The van der Waals surface area contributed by atoms with E-state index in [0.29, 0.717) is 11.8 Å². The lowest BCUT2D eigenvalue weighted by Gasteiger charge is -2.17. The van der Waals surface area contributed by atoms with Gasteiger partial charge < -0.3 is 5.73 Å². The van der Waals surface area contributed by atoms with Crippen molar-refractivity contribution >= 4 is 10.8 Å². The van der Waals surface area contributed by atoms with Gasteiger partial charge in [-0.15, -0.1) is 0 Å². The summed E-state index contributed by atoms with van der Waals surface area (Å²) in [5.41, 5.74) is 7.04. The van der Waals surface area contributed by atoms with Gasteiger partial charge in [-0.05, 0) is 18.4 Å². The van der Waals surface area contributed by atoms with E-state index in [1.807, 2.05) is 18.2 Å². The van der Waals surface area contributed by atoms with Crippen molar-refractivity contribution in [3.63, 3.8) is 0 Å². The highest BCUT2D eigenvalue weighted by Crippen LogP contribution is 2.25. The van der Waals surface area contributed by atoms with E-state index in [1.165, 1.54) is 18.4 Å². The summed E-state index contributed by atoms with van der Waals surface area (Å²) in [5, 5.41) is 0.424. The Morgan fingerprint density at radius 2 is 1.88 bits per heavy atom. The number of hydrogen-bond acceptors (Lipinski definition) is 2. The lowest BCUT2D eigenvalue weighted by Crippen LogP contribution is -2.23. The molecule has 1 saturated carbocycles. The van der Waals surface area contributed by atoms with Crippen molar-refractivity contribution in [2.24, 2.45) is 5.73 Å². The zero-order valence-corrected chi connectivity index (χ0v) is 11.0. The summed E-state index contributed by atoms with van der Waals surface area (Å²) in [7, 11) is -0.706. The Labute approximate surface area is 106 Å². The van der Waals surface area contributed by atoms with Crippen LogP contribution in [0.3, 0.4) is 0 Å². The first-order valence-corrected chi connectivity index (χ1v) is 7.81. The van der Waals surface area contributed by atoms with Gasteiger partial charge in [0.15, 0.2) is 0 Å². The van der Waals surface area contributed by atoms with Gasteiger partial charge in [-0.1, -0.05) is 43.2 Å². The first-order valence-electron chi connectivity index (χ1n) is 6.43. The fourth-order valence-electron chi connectivity index (χ4n) is 2.51. The van der Waals surface area contributed by atoms with Gasteiger partial charge in [0.1, 0.15) is 0 Å². The van der Waals surface area contributed by atoms with Crippen molar-refractivity contribution in [1.29, 1.82) is 0 Å². The highest BCUT2D eigenvalue weighted by molar-refractivity contribution is 7.85. The van der Waals surface area contributed by atoms with Crippen LogP contribution < -0.4 is 5.73 Å². The second-order valence-corrected chi connectivity index (χ2v) is 6.56. The van der Waals surface area contributed by atoms with Crippen LogP contribution in [0.25, 0.3) is 0 Å². The molecule has 0 heterocycles. The van der Waals surface area contributed by atoms with Crippen molar-refractivity contribution in [1.82, 2.24) is 0 Å². The van der Waals surface area contributed by atoms with Crippen LogP contribution in [0.5, 0.6) is 0 Å². The van der Waals surface area contributed by atoms with E-state index in [-0.39, 0.29) is 5.92 Å². The van der Waals surface area contributed by atoms with Crippen LogP contribution in [0.1, 0.15) is 37.2 Å². The van der Waals surface area contributed by atoms with Crippen LogP contribution in [0.4, 0.5) is 0 Å². The number of hydrogen-bond donors (Lipinski definition) is 1. The molecule has 94 valence electrons. The molecule has 0 spiro atoms. The Kier molecular flexibility index (Phi) is 4.75. The molecule has 0 saturated heterocycles. The first-order chi connectivity index (χ1) is 8.31. The van der Waals surface area contributed by atoms with Gasteiger partial charge in [0.2, 0.25) is 0 Å². The van der Waals surface area contributed by atoms with Gasteiger partial charge in [-0.2, -0.15) is 0 Å². The average molecular weight is 251 g/mol. The summed E-state index contributed by atoms with van der Waals surface area (Å²) < 4.78 is 12.2. The molecule has 1 aliphatic carbocycles. The molecule has 1 aromatic carbocycles. The monoisotopic (exact) mass is 251 g/mol. The molecule has 0 radical (unpaired) electrons. The van der Waals surface area contributed by atoms with E-state index in [1.54, 1.807) is 0 Å². The molecule has 2 unspecified atom stereocenters. The zero-order chi connectivity index (χ0) is 12.1. The summed E-state index contributed by atoms with van der Waals surface area (Å²) in [6, 6.07) is 10.2. The second kappa shape index (κ2) is 6.31. The first kappa shape index (κ1) is 12.8. The van der Waals surface area contributed by atoms with Crippen LogP contribution in [0.15, 0.2) is 30.3 Å². The van der Waals surface area contributed by atoms with Gasteiger partial charge in [-0.3, -0.25) is 4.21 Å². The third kappa shape index (κ3) is 3.39. The summed E-state index contributed by atoms with van der Waals surface area (Å²) in [6.45, 7) is 0.586. The third-order valence-electron chi connectivity index (χ3n) is 3.59. The second-order valence-electron chi connectivity index (χ2n) is 4.80. The van der Waals surface area contributed by atoms with E-state index < -0.39 is 10.8 Å². The minimum atomic E-state index is -0.706. The van der Waals surface area contributed by atoms with Crippen LogP contribution in [-0.4, -0.2) is 21.8 Å². The van der Waals surface area contributed by atoms with Crippen LogP contribution in [0, 0.1) is 0 Å². The predicted octanol–water partition coefficient (Wildman–Crippen LogP) is 2.42. The zero-order valence-electron chi connectivity index (χ0n) is 10.2. The Balaban J connectivity index is 1.97. The Morgan fingerprint density at radius 3 is 2.47 bits per heavy atom. The van der Waals surface area contributed by atoms with Crippen LogP contribution in [0.2, 0.25) is 0 Å². The van der Waals surface area contributed by atoms with E-state index in [0.717, 1.165) is 18.6 Å². The molecule has 17 heavy (non-hydrogen) atoms. The smallest absolute Gasteiger partial charge is 0.0348 e. The van der Waals surface area contributed by atoms with Crippen molar-refractivity contribution < 1.29 is 4.21 Å². The quantitative estimate of drug-likeness (QED) is 0.873. The Bertz CT molecular complexity index is 360. The molecule has 0 aliphatic heterocycles. The minimum Gasteiger partial charge on any atom is -0.330 e. The lowest BCUT2D eigenvalue weighted by atomic mass is 10.0. The molecule has 1 aromatic rings. The summed E-state index contributed by atoms with van der Waals surface area (Å²) in [4.78, 5) is 0. The maximum atomic E-state index is 12.2. The molecular weight excluding hydrogens is 230 g/mol. The molecule has 3 heteroatoms. The molecule has 1 aliphatic rings. The fourth-order valence-corrected chi connectivity index (χ4v) is 4.37. The molecular formula is C14H21NOS. The van der Waals surface area contributed by atoms with Crippen molar-refractivity contribution in [3.8, 4) is 0 Å². The van der Waals surface area contributed by atoms with Gasteiger partial charge in [-0.25, -0.2) is 0 Å². The SMILES string of the molecule is NCC(CS(=O)C1CCCC1)c1ccccc1. The predicted molar refractivity (Wildman–Crippen MR) is 73.5 cm³/mol. The molecule has 1 fully saturated rings. The van der Waals surface area contributed by atoms with Gasteiger partial charge in [0.05, 0.1) is 0 Å². The molecule has 0 amide bonds. The summed E-state index contributed by atoms with van der Waals surface area (Å²) >= 11 is 0. The molecule has 0 bridgehead atoms. The summed E-state index contributed by atoms with van der Waals surface area (Å²) in [6.07, 6.45) is 4.77. The van der Waals surface area contributed by atoms with Crippen molar-refractivity contribution in [3.05, 3.63) is 35.9 Å². The Hall–Kier alpha value is -0.670. The molecule has 2 atom stereocenters. The molecule has 2 rings (SSSR count). The summed E-state index contributed by atoms with van der Waals surface area (Å²) in [5.74, 6) is 0.975. The number of nitrogens with two attached hydrogens (primary N) is 1. The van der Waals surface area contributed by atoms with Gasteiger partial charge in [0, 0.05) is 34.3 Å². The van der Waals surface area contributed by atoms with Crippen molar-refractivity contribution in [2.45, 2.75) is 36.9 Å². The topological polar surface area (TPSA) is 43.1 Å². The average Bonchev–Trinajstić information content (AvgIpc) is 2.90.